The molecule has 0 bridgehead atoms. The van der Waals surface area contributed by atoms with Crippen molar-refractivity contribution in [1.82, 2.24) is 0 Å². The minimum absolute atomic E-state index is 0.109. The molecular formula is C18H18O2S. The summed E-state index contributed by atoms with van der Waals surface area (Å²) in [5.74, 6) is 0.143. The van der Waals surface area contributed by atoms with E-state index in [2.05, 4.69) is 12.1 Å². The zero-order valence-corrected chi connectivity index (χ0v) is 12.9. The van der Waals surface area contributed by atoms with Crippen LogP contribution in [0.15, 0.2) is 53.4 Å². The van der Waals surface area contributed by atoms with Crippen LogP contribution in [0.1, 0.15) is 34.0 Å². The number of Topliss-reactive ketones (excluding diaryl/α,β-unsaturated/α-hetero) is 1. The molecule has 0 amide bonds. The maximum absolute atomic E-state index is 12.4. The molecular weight excluding hydrogens is 280 g/mol. The van der Waals surface area contributed by atoms with Gasteiger partial charge in [-0.05, 0) is 35.9 Å². The minimum Gasteiger partial charge on any atom is -0.373 e. The van der Waals surface area contributed by atoms with Crippen molar-refractivity contribution < 1.29 is 9.53 Å². The van der Waals surface area contributed by atoms with Crippen molar-refractivity contribution in [3.8, 4) is 0 Å². The number of benzene rings is 2. The van der Waals surface area contributed by atoms with E-state index in [9.17, 15) is 4.79 Å². The monoisotopic (exact) mass is 298 g/mol. The molecule has 1 aliphatic rings. The lowest BCUT2D eigenvalue weighted by molar-refractivity contribution is 0.0352. The van der Waals surface area contributed by atoms with Gasteiger partial charge in [-0.25, -0.2) is 0 Å². The lowest BCUT2D eigenvalue weighted by Gasteiger charge is -2.25. The molecule has 21 heavy (non-hydrogen) atoms. The highest BCUT2D eigenvalue weighted by molar-refractivity contribution is 7.98. The molecule has 1 unspecified atom stereocenters. The predicted molar refractivity (Wildman–Crippen MR) is 86.0 cm³/mol. The molecule has 0 aliphatic carbocycles. The fourth-order valence-corrected chi connectivity index (χ4v) is 3.12. The first kappa shape index (κ1) is 14.4. The average molecular weight is 298 g/mol. The van der Waals surface area contributed by atoms with Crippen molar-refractivity contribution in [1.29, 1.82) is 0 Å². The summed E-state index contributed by atoms with van der Waals surface area (Å²) in [4.78, 5) is 13.6. The van der Waals surface area contributed by atoms with Crippen LogP contribution in [-0.4, -0.2) is 18.6 Å². The number of fused-ring (bicyclic) bond motifs is 1. The standard InChI is InChI=1S/C18H18O2S/c1-21-15-8-6-14(7-9-15)17(19)12-18-16-5-3-2-4-13(16)10-11-20-18/h2-9,18H,10-12H2,1H3. The van der Waals surface area contributed by atoms with Crippen LogP contribution in [0.2, 0.25) is 0 Å². The number of hydrogen-bond donors (Lipinski definition) is 0. The molecule has 1 aliphatic heterocycles. The highest BCUT2D eigenvalue weighted by Crippen LogP contribution is 2.30. The molecule has 0 spiro atoms. The molecule has 0 N–H and O–H groups in total. The molecule has 0 aromatic heterocycles. The molecule has 1 atom stereocenters. The molecule has 0 radical (unpaired) electrons. The van der Waals surface area contributed by atoms with Gasteiger partial charge in [0.15, 0.2) is 5.78 Å². The van der Waals surface area contributed by atoms with Crippen LogP contribution in [-0.2, 0) is 11.2 Å². The number of ether oxygens (including phenoxy) is 1. The Morgan fingerprint density at radius 3 is 2.71 bits per heavy atom. The van der Waals surface area contributed by atoms with Gasteiger partial charge in [0.25, 0.3) is 0 Å². The van der Waals surface area contributed by atoms with Crippen LogP contribution >= 0.6 is 11.8 Å². The molecule has 2 aromatic carbocycles. The highest BCUT2D eigenvalue weighted by Gasteiger charge is 2.23. The number of hydrogen-bond acceptors (Lipinski definition) is 3. The number of carbonyl (C=O) groups is 1. The Bertz CT molecular complexity index is 634. The van der Waals surface area contributed by atoms with E-state index in [0.29, 0.717) is 13.0 Å². The second-order valence-corrected chi connectivity index (χ2v) is 6.04. The van der Waals surface area contributed by atoms with Crippen molar-refractivity contribution in [2.24, 2.45) is 0 Å². The highest BCUT2D eigenvalue weighted by atomic mass is 32.2. The molecule has 3 heteroatoms. The van der Waals surface area contributed by atoms with Gasteiger partial charge in [-0.2, -0.15) is 0 Å². The summed E-state index contributed by atoms with van der Waals surface area (Å²) in [5, 5.41) is 0. The third kappa shape index (κ3) is 3.20. The Balaban J connectivity index is 1.76. The van der Waals surface area contributed by atoms with Crippen molar-refractivity contribution >= 4 is 17.5 Å². The fourth-order valence-electron chi connectivity index (χ4n) is 2.71. The summed E-state index contributed by atoms with van der Waals surface area (Å²) in [6, 6.07) is 16.1. The van der Waals surface area contributed by atoms with Crippen molar-refractivity contribution in [3.05, 3.63) is 65.2 Å². The second kappa shape index (κ2) is 6.46. The zero-order valence-electron chi connectivity index (χ0n) is 12.0. The Labute approximate surface area is 129 Å². The summed E-state index contributed by atoms with van der Waals surface area (Å²) in [6.07, 6.45) is 3.27. The molecule has 2 nitrogen and oxygen atoms in total. The molecule has 0 fully saturated rings. The molecule has 0 saturated heterocycles. The van der Waals surface area contributed by atoms with Crippen LogP contribution in [0, 0.1) is 0 Å². The number of ketones is 1. The van der Waals surface area contributed by atoms with E-state index in [0.717, 1.165) is 17.5 Å². The maximum Gasteiger partial charge on any atom is 0.165 e. The smallest absolute Gasteiger partial charge is 0.165 e. The third-order valence-electron chi connectivity index (χ3n) is 3.88. The molecule has 2 aromatic rings. The fraction of sp³-hybridized carbons (Fsp3) is 0.278. The Morgan fingerprint density at radius 2 is 1.95 bits per heavy atom. The zero-order chi connectivity index (χ0) is 14.7. The Hall–Kier alpha value is -1.58. The van der Waals surface area contributed by atoms with Gasteiger partial charge in [-0.3, -0.25) is 4.79 Å². The summed E-state index contributed by atoms with van der Waals surface area (Å²) in [7, 11) is 0. The number of thioether (sulfide) groups is 1. The quantitative estimate of drug-likeness (QED) is 0.622. The summed E-state index contributed by atoms with van der Waals surface area (Å²) < 4.78 is 5.82. The Kier molecular flexibility index (Phi) is 4.42. The summed E-state index contributed by atoms with van der Waals surface area (Å²) in [5.41, 5.74) is 3.23. The first-order valence-electron chi connectivity index (χ1n) is 7.14. The van der Waals surface area contributed by atoms with Gasteiger partial charge in [0.1, 0.15) is 0 Å². The molecule has 1 heterocycles. The van der Waals surface area contributed by atoms with E-state index in [4.69, 9.17) is 4.74 Å². The van der Waals surface area contributed by atoms with Crippen LogP contribution in [0.5, 0.6) is 0 Å². The first-order valence-corrected chi connectivity index (χ1v) is 8.37. The minimum atomic E-state index is -0.109. The van der Waals surface area contributed by atoms with E-state index >= 15 is 0 Å². The van der Waals surface area contributed by atoms with E-state index in [-0.39, 0.29) is 11.9 Å². The van der Waals surface area contributed by atoms with Crippen LogP contribution < -0.4 is 0 Å². The molecule has 0 saturated carbocycles. The number of rotatable bonds is 4. The second-order valence-electron chi connectivity index (χ2n) is 5.16. The van der Waals surface area contributed by atoms with Crippen molar-refractivity contribution in [3.63, 3.8) is 0 Å². The van der Waals surface area contributed by atoms with E-state index in [1.54, 1.807) is 11.8 Å². The van der Waals surface area contributed by atoms with Crippen LogP contribution in [0.25, 0.3) is 0 Å². The third-order valence-corrected chi connectivity index (χ3v) is 4.62. The van der Waals surface area contributed by atoms with Gasteiger partial charge in [-0.1, -0.05) is 36.4 Å². The van der Waals surface area contributed by atoms with E-state index in [1.807, 2.05) is 42.7 Å². The summed E-state index contributed by atoms with van der Waals surface area (Å²) in [6.45, 7) is 0.695. The SMILES string of the molecule is CSc1ccc(C(=O)CC2OCCc3ccccc32)cc1. The Morgan fingerprint density at radius 1 is 1.19 bits per heavy atom. The number of carbonyl (C=O) groups excluding carboxylic acids is 1. The van der Waals surface area contributed by atoms with Gasteiger partial charge in [-0.15, -0.1) is 11.8 Å². The molecule has 108 valence electrons. The maximum atomic E-state index is 12.4. The van der Waals surface area contributed by atoms with Crippen LogP contribution in [0.3, 0.4) is 0 Å². The van der Waals surface area contributed by atoms with Crippen LogP contribution in [0.4, 0.5) is 0 Å². The van der Waals surface area contributed by atoms with Gasteiger partial charge < -0.3 is 4.74 Å². The van der Waals surface area contributed by atoms with Crippen molar-refractivity contribution in [2.45, 2.75) is 23.8 Å². The average Bonchev–Trinajstić information content (AvgIpc) is 2.55. The van der Waals surface area contributed by atoms with Gasteiger partial charge in [0, 0.05) is 16.9 Å². The summed E-state index contributed by atoms with van der Waals surface area (Å²) >= 11 is 1.68. The normalized spacial score (nSPS) is 17.3. The predicted octanol–water partition coefficient (Wildman–Crippen LogP) is 4.30. The van der Waals surface area contributed by atoms with Crippen molar-refractivity contribution in [2.75, 3.05) is 12.9 Å². The first-order chi connectivity index (χ1) is 10.3. The van der Waals surface area contributed by atoms with Gasteiger partial charge in [0.2, 0.25) is 0 Å². The topological polar surface area (TPSA) is 26.3 Å². The lowest BCUT2D eigenvalue weighted by atomic mass is 9.93. The lowest BCUT2D eigenvalue weighted by Crippen LogP contribution is -2.19. The van der Waals surface area contributed by atoms with E-state index < -0.39 is 0 Å². The van der Waals surface area contributed by atoms with Gasteiger partial charge in [0.05, 0.1) is 12.7 Å². The van der Waals surface area contributed by atoms with Gasteiger partial charge >= 0.3 is 0 Å². The largest absolute Gasteiger partial charge is 0.373 e. The molecule has 3 rings (SSSR count). The van der Waals surface area contributed by atoms with E-state index in [1.165, 1.54) is 10.5 Å².